The molecule has 1 unspecified atom stereocenters. The van der Waals surface area contributed by atoms with Gasteiger partial charge in [0.15, 0.2) is 0 Å². The monoisotopic (exact) mass is 329 g/mol. The first-order valence-electron chi connectivity index (χ1n) is 6.23. The molecule has 0 bridgehead atoms. The molecule has 1 aliphatic heterocycles. The van der Waals surface area contributed by atoms with Gasteiger partial charge in [0, 0.05) is 23.8 Å². The van der Waals surface area contributed by atoms with Crippen LogP contribution in [0.2, 0.25) is 10.0 Å². The van der Waals surface area contributed by atoms with Gasteiger partial charge in [0.2, 0.25) is 0 Å². The molecule has 1 fully saturated rings. The summed E-state index contributed by atoms with van der Waals surface area (Å²) in [6.07, 6.45) is 1.58. The molecule has 0 radical (unpaired) electrons. The summed E-state index contributed by atoms with van der Waals surface area (Å²) in [5.74, 6) is 0.748. The molecule has 1 aliphatic rings. The summed E-state index contributed by atoms with van der Waals surface area (Å²) < 4.78 is 5.80. The fourth-order valence-corrected chi connectivity index (χ4v) is 3.49. The molecule has 1 saturated heterocycles. The van der Waals surface area contributed by atoms with Gasteiger partial charge in [-0.2, -0.15) is 0 Å². The fourth-order valence-electron chi connectivity index (χ4n) is 2.15. The van der Waals surface area contributed by atoms with E-state index in [-0.39, 0.29) is 6.10 Å². The predicted molar refractivity (Wildman–Crippen MR) is 82.0 cm³/mol. The highest BCUT2D eigenvalue weighted by Gasteiger charge is 2.26. The molecule has 0 spiro atoms. The van der Waals surface area contributed by atoms with Crippen molar-refractivity contribution in [2.75, 3.05) is 24.6 Å². The molecule has 20 heavy (non-hydrogen) atoms. The van der Waals surface area contributed by atoms with Gasteiger partial charge in [-0.15, -0.1) is 11.3 Å². The van der Waals surface area contributed by atoms with Crippen molar-refractivity contribution < 1.29 is 4.74 Å². The minimum Gasteiger partial charge on any atom is -0.367 e. The third-order valence-corrected chi connectivity index (χ3v) is 4.61. The second-order valence-corrected chi connectivity index (χ2v) is 6.32. The fraction of sp³-hybridized carbons (Fsp3) is 0.385. The Balaban J connectivity index is 1.81. The highest BCUT2D eigenvalue weighted by Crippen LogP contribution is 2.31. The highest BCUT2D eigenvalue weighted by atomic mass is 35.5. The molecule has 3 rings (SSSR count). The van der Waals surface area contributed by atoms with Crippen molar-refractivity contribution in [3.8, 4) is 0 Å². The number of aromatic nitrogens is 2. The molecule has 0 saturated carbocycles. The van der Waals surface area contributed by atoms with Gasteiger partial charge in [-0.3, -0.25) is 0 Å². The summed E-state index contributed by atoms with van der Waals surface area (Å²) in [7, 11) is 0. The molecular weight excluding hydrogens is 317 g/mol. The summed E-state index contributed by atoms with van der Waals surface area (Å²) in [6.45, 7) is 4.07. The number of ether oxygens (including phenoxy) is 1. The normalized spacial score (nSPS) is 19.4. The third kappa shape index (κ3) is 2.91. The van der Waals surface area contributed by atoms with Gasteiger partial charge in [0.25, 0.3) is 0 Å². The van der Waals surface area contributed by atoms with Crippen molar-refractivity contribution in [2.45, 2.75) is 13.0 Å². The van der Waals surface area contributed by atoms with Crippen molar-refractivity contribution in [1.82, 2.24) is 9.97 Å². The Labute approximate surface area is 131 Å². The first-order chi connectivity index (χ1) is 9.63. The lowest BCUT2D eigenvalue weighted by Crippen LogP contribution is -2.39. The van der Waals surface area contributed by atoms with Crippen molar-refractivity contribution in [2.24, 2.45) is 0 Å². The first kappa shape index (κ1) is 14.1. The van der Waals surface area contributed by atoms with Gasteiger partial charge in [-0.05, 0) is 13.0 Å². The van der Waals surface area contributed by atoms with E-state index in [1.54, 1.807) is 23.6 Å². The summed E-state index contributed by atoms with van der Waals surface area (Å²) in [5.41, 5.74) is 1.02. The molecule has 7 heteroatoms. The van der Waals surface area contributed by atoms with Crippen LogP contribution in [0.25, 0.3) is 0 Å². The van der Waals surface area contributed by atoms with Crippen LogP contribution in [0.4, 0.5) is 5.82 Å². The van der Waals surface area contributed by atoms with Crippen LogP contribution in [-0.2, 0) is 4.74 Å². The highest BCUT2D eigenvalue weighted by molar-refractivity contribution is 7.09. The minimum absolute atomic E-state index is 0.0315. The van der Waals surface area contributed by atoms with Crippen molar-refractivity contribution in [3.05, 3.63) is 38.4 Å². The van der Waals surface area contributed by atoms with Crippen molar-refractivity contribution in [1.29, 1.82) is 0 Å². The number of nitrogens with zero attached hydrogens (tertiary/aromatic N) is 3. The third-order valence-electron chi connectivity index (χ3n) is 3.07. The predicted octanol–water partition coefficient (Wildman–Crippen LogP) is 3.73. The molecule has 1 atom stereocenters. The molecule has 2 aromatic heterocycles. The number of morpholine rings is 1. The smallest absolute Gasteiger partial charge is 0.147 e. The van der Waals surface area contributed by atoms with Crippen LogP contribution in [0.3, 0.4) is 0 Å². The van der Waals surface area contributed by atoms with Crippen LogP contribution < -0.4 is 4.90 Å². The van der Waals surface area contributed by atoms with Crippen molar-refractivity contribution in [3.63, 3.8) is 0 Å². The molecule has 0 aliphatic carbocycles. The number of thiazole rings is 1. The maximum absolute atomic E-state index is 6.22. The largest absolute Gasteiger partial charge is 0.367 e. The lowest BCUT2D eigenvalue weighted by Gasteiger charge is -2.33. The zero-order valence-electron chi connectivity index (χ0n) is 10.8. The number of rotatable bonds is 2. The quantitative estimate of drug-likeness (QED) is 0.841. The van der Waals surface area contributed by atoms with Crippen LogP contribution in [0, 0.1) is 6.92 Å². The zero-order chi connectivity index (χ0) is 14.1. The van der Waals surface area contributed by atoms with E-state index in [0.29, 0.717) is 23.2 Å². The van der Waals surface area contributed by atoms with Crippen LogP contribution >= 0.6 is 34.5 Å². The standard InChI is InChI=1S/C13H13Cl2N3OS/c1-8-7-20-13(17-8)11-6-18(2-3-19-11)12-10(15)4-9(14)5-16-12/h4-5,7,11H,2-3,6H2,1H3. The summed E-state index contributed by atoms with van der Waals surface area (Å²) in [6, 6.07) is 1.71. The van der Waals surface area contributed by atoms with E-state index in [4.69, 9.17) is 27.9 Å². The first-order valence-corrected chi connectivity index (χ1v) is 7.86. The molecular formula is C13H13Cl2N3OS. The second kappa shape index (κ2) is 5.85. The number of halogens is 2. The molecule has 0 N–H and O–H groups in total. The number of aryl methyl sites for hydroxylation is 1. The average Bonchev–Trinajstić information content (AvgIpc) is 2.86. The van der Waals surface area contributed by atoms with Gasteiger partial charge in [-0.25, -0.2) is 9.97 Å². The topological polar surface area (TPSA) is 38.2 Å². The molecule has 4 nitrogen and oxygen atoms in total. The Morgan fingerprint density at radius 1 is 1.45 bits per heavy atom. The number of pyridine rings is 1. The molecule has 0 aromatic carbocycles. The minimum atomic E-state index is -0.0315. The van der Waals surface area contributed by atoms with E-state index in [2.05, 4.69) is 14.9 Å². The van der Waals surface area contributed by atoms with Crippen LogP contribution in [0.1, 0.15) is 16.8 Å². The summed E-state index contributed by atoms with van der Waals surface area (Å²) >= 11 is 13.7. The maximum atomic E-state index is 6.22. The summed E-state index contributed by atoms with van der Waals surface area (Å²) in [4.78, 5) is 10.9. The van der Waals surface area contributed by atoms with E-state index < -0.39 is 0 Å². The molecule has 0 amide bonds. The lowest BCUT2D eigenvalue weighted by atomic mass is 10.2. The Morgan fingerprint density at radius 2 is 2.30 bits per heavy atom. The Bertz CT molecular complexity index is 619. The average molecular weight is 330 g/mol. The van der Waals surface area contributed by atoms with Gasteiger partial charge in [0.05, 0.1) is 23.2 Å². The van der Waals surface area contributed by atoms with Gasteiger partial charge < -0.3 is 9.64 Å². The van der Waals surface area contributed by atoms with Crippen LogP contribution in [-0.4, -0.2) is 29.7 Å². The molecule has 3 heterocycles. The summed E-state index contributed by atoms with van der Waals surface area (Å²) in [5, 5.41) is 4.13. The maximum Gasteiger partial charge on any atom is 0.147 e. The van der Waals surface area contributed by atoms with Crippen LogP contribution in [0.5, 0.6) is 0 Å². The zero-order valence-corrected chi connectivity index (χ0v) is 13.2. The van der Waals surface area contributed by atoms with E-state index in [0.717, 1.165) is 23.1 Å². The Hall–Kier alpha value is -0.880. The molecule has 106 valence electrons. The second-order valence-electron chi connectivity index (χ2n) is 4.59. The van der Waals surface area contributed by atoms with E-state index in [1.165, 1.54) is 0 Å². The van der Waals surface area contributed by atoms with Gasteiger partial charge in [0.1, 0.15) is 16.9 Å². The SMILES string of the molecule is Cc1csc(C2CN(c3ncc(Cl)cc3Cl)CCO2)n1. The van der Waals surface area contributed by atoms with E-state index >= 15 is 0 Å². The lowest BCUT2D eigenvalue weighted by molar-refractivity contribution is 0.0393. The number of anilines is 1. The van der Waals surface area contributed by atoms with Crippen LogP contribution in [0.15, 0.2) is 17.6 Å². The van der Waals surface area contributed by atoms with Crippen molar-refractivity contribution >= 4 is 40.4 Å². The number of hydrogen-bond acceptors (Lipinski definition) is 5. The van der Waals surface area contributed by atoms with E-state index in [1.807, 2.05) is 12.3 Å². The number of hydrogen-bond donors (Lipinski definition) is 0. The van der Waals surface area contributed by atoms with E-state index in [9.17, 15) is 0 Å². The Morgan fingerprint density at radius 3 is 3.00 bits per heavy atom. The van der Waals surface area contributed by atoms with Gasteiger partial charge >= 0.3 is 0 Å². The Kier molecular flexibility index (Phi) is 4.12. The van der Waals surface area contributed by atoms with Gasteiger partial charge in [-0.1, -0.05) is 23.2 Å². The molecule has 2 aromatic rings.